The SMILES string of the molecule is C.C.C.CCOP(=O)(COS(=O)(=O)C(F)(F)F)OCC.CCOP(=O)(COc1cccc(C)c1CCNC(=S)Nc1ccc(Br)cn1)OCC.CCOc1cccc(F)c1CCNC(=S)Nc1ccc(Br)cn1.ClB(Cl)Cl.Oc1cccc(F)c1CCNC(=S)Nc1ccc(Br)cn1. The number of anilines is 3. The van der Waals surface area contributed by atoms with Crippen molar-refractivity contribution in [3.8, 4) is 17.2 Å². The topological polar surface area (TPSA) is 264 Å². The number of pyridine rings is 3. The Hall–Kier alpha value is -4.19. The van der Waals surface area contributed by atoms with Crippen molar-refractivity contribution in [2.75, 3.05) is 81.3 Å². The highest BCUT2D eigenvalue weighted by molar-refractivity contribution is 9.11. The first-order valence-electron chi connectivity index (χ1n) is 28.0. The number of halogens is 11. The third-order valence-corrected chi connectivity index (χ3v) is 17.9. The molecule has 0 aliphatic heterocycles. The Bertz CT molecular complexity index is 3500. The molecule has 0 fully saturated rings. The summed E-state index contributed by atoms with van der Waals surface area (Å²) in [5.41, 5.74) is -2.67. The molecule has 98 heavy (non-hydrogen) atoms. The van der Waals surface area contributed by atoms with Crippen LogP contribution >= 0.6 is 134 Å². The number of benzene rings is 3. The minimum Gasteiger partial charge on any atom is -0.508 e. The second-order valence-electron chi connectivity index (χ2n) is 18.0. The first-order chi connectivity index (χ1) is 44.8. The zero-order chi connectivity index (χ0) is 71.2. The fourth-order valence-corrected chi connectivity index (χ4v) is 11.9. The van der Waals surface area contributed by atoms with Gasteiger partial charge in [-0.2, -0.15) is 56.0 Å². The number of nitrogens with one attached hydrogen (secondary N) is 6. The van der Waals surface area contributed by atoms with E-state index in [9.17, 15) is 44.6 Å². The number of nitrogens with zero attached hydrogens (tertiary/aromatic N) is 3. The van der Waals surface area contributed by atoms with Crippen LogP contribution in [-0.4, -0.2) is 120 Å². The lowest BCUT2D eigenvalue weighted by Gasteiger charge is -2.19. The van der Waals surface area contributed by atoms with E-state index >= 15 is 0 Å². The summed E-state index contributed by atoms with van der Waals surface area (Å²) in [4.78, 5) is 11.8. The minimum atomic E-state index is -5.80. The molecule has 3 heterocycles. The van der Waals surface area contributed by atoms with Crippen molar-refractivity contribution in [2.45, 2.75) is 88.6 Å². The molecule has 0 radical (unpaired) electrons. The molecule has 548 valence electrons. The normalized spacial score (nSPS) is 10.7. The molecule has 21 nitrogen and oxygen atoms in total. The van der Waals surface area contributed by atoms with E-state index in [-0.39, 0.29) is 59.0 Å². The third kappa shape index (κ3) is 39.3. The summed E-state index contributed by atoms with van der Waals surface area (Å²) in [6.45, 7) is 12.6. The number of phenolic OH excluding ortho intramolecular Hbond substituents is 1. The average molecular weight is 1750 g/mol. The molecule has 0 aliphatic rings. The van der Waals surface area contributed by atoms with Gasteiger partial charge in [-0.05, 0) is 223 Å². The molecular weight excluding hydrogens is 1670 g/mol. The quantitative estimate of drug-likeness (QED) is 0.00601. The van der Waals surface area contributed by atoms with Crippen LogP contribution in [-0.2, 0) is 60.8 Å². The second-order valence-corrected chi connectivity index (χ2v) is 29.5. The molecule has 3 aromatic carbocycles. The maximum Gasteiger partial charge on any atom is 0.523 e. The Labute approximate surface area is 628 Å². The van der Waals surface area contributed by atoms with Crippen LogP contribution in [0.15, 0.2) is 123 Å². The number of aromatic hydroxyl groups is 1. The van der Waals surface area contributed by atoms with E-state index in [1.807, 2.05) is 62.4 Å². The molecule has 3 aromatic heterocycles. The van der Waals surface area contributed by atoms with Crippen LogP contribution in [0.1, 0.15) is 79.2 Å². The highest BCUT2D eigenvalue weighted by Gasteiger charge is 2.48. The van der Waals surface area contributed by atoms with E-state index in [1.54, 1.807) is 50.6 Å². The van der Waals surface area contributed by atoms with Gasteiger partial charge in [-0.25, -0.2) is 23.7 Å². The summed E-state index contributed by atoms with van der Waals surface area (Å²) in [5, 5.41) is 29.0. The molecule has 6 aromatic rings. The van der Waals surface area contributed by atoms with Crippen molar-refractivity contribution in [3.05, 3.63) is 157 Å². The Morgan fingerprint density at radius 2 is 0.898 bits per heavy atom. The predicted octanol–water partition coefficient (Wildman–Crippen LogP) is 18.1. The van der Waals surface area contributed by atoms with Crippen molar-refractivity contribution in [2.24, 2.45) is 0 Å². The van der Waals surface area contributed by atoms with Crippen LogP contribution in [0.4, 0.5) is 39.4 Å². The van der Waals surface area contributed by atoms with Crippen molar-refractivity contribution in [1.82, 2.24) is 30.9 Å². The number of phenols is 1. The highest BCUT2D eigenvalue weighted by Crippen LogP contribution is 2.49. The number of ether oxygens (including phenoxy) is 2. The molecule has 0 unspecified atom stereocenters. The number of aryl methyl sites for hydroxylation is 1. The maximum atomic E-state index is 13.9. The van der Waals surface area contributed by atoms with E-state index in [2.05, 4.69) is 108 Å². The standard InChI is InChI=1S/C20H27BrN3O4PS.C16H17BrFN3OS.C14H13BrFN3OS.C6H12F3O6PS.3CH4.BCl3/c1-4-27-29(25,28-5-2)14-26-18-8-6-7-15(3)17(18)11-12-22-20(30)24-19-10-9-16(21)13-23-19;1-2-22-14-5-3-4-13(18)12(14)8-9-19-16(23)21-15-7-6-11(17)10-20-15;15-9-4-5-13(18-8-9)19-14(21)17-7-6-10-11(16)2-1-3-12(10)20;1-3-13-16(10,14-4-2)5-15-17(11,12)6(7,8)9;;;;2-1(3)4/h6-10,13H,4-5,11-12,14H2,1-3H3,(H2,22,23,24,30);3-7,10H,2,8-9H2,1H3,(H2,19,20,21,23);1-5,8,20H,6-7H2,(H2,17,18,19,21);3-5H2,1-2H3;3*1H4;. The molecule has 0 saturated carbocycles. The number of thiocarbonyl (C=S) groups is 3. The fraction of sp³-hybridized carbons (Fsp3) is 0.390. The summed E-state index contributed by atoms with van der Waals surface area (Å²) >= 11 is 40.0. The Balaban J connectivity index is 0. The van der Waals surface area contributed by atoms with Gasteiger partial charge in [0.1, 0.15) is 46.3 Å². The van der Waals surface area contributed by atoms with Crippen LogP contribution in [0.5, 0.6) is 17.2 Å². The van der Waals surface area contributed by atoms with Gasteiger partial charge < -0.3 is 64.6 Å². The van der Waals surface area contributed by atoms with Crippen LogP contribution in [0.2, 0.25) is 0 Å². The maximum absolute atomic E-state index is 13.9. The van der Waals surface area contributed by atoms with Gasteiger partial charge in [-0.15, -0.1) is 0 Å². The molecule has 0 aliphatic carbocycles. The van der Waals surface area contributed by atoms with Gasteiger partial charge in [0.05, 0.1) is 33.0 Å². The van der Waals surface area contributed by atoms with Crippen molar-refractivity contribution >= 4 is 182 Å². The van der Waals surface area contributed by atoms with Gasteiger partial charge >= 0.3 is 35.8 Å². The predicted molar refractivity (Wildman–Crippen MR) is 408 cm³/mol. The smallest absolute Gasteiger partial charge is 0.508 e. The Morgan fingerprint density at radius 3 is 1.26 bits per heavy atom. The molecule has 0 atom stereocenters. The number of hydrogen-bond acceptors (Lipinski definition) is 18. The van der Waals surface area contributed by atoms with E-state index in [0.717, 1.165) is 24.5 Å². The molecule has 7 N–H and O–H groups in total. The Kier molecular flexibility index (Phi) is 49.9. The molecule has 0 spiro atoms. The number of hydrogen-bond donors (Lipinski definition) is 7. The lowest BCUT2D eigenvalue weighted by Crippen LogP contribution is -2.30. The van der Waals surface area contributed by atoms with E-state index in [1.165, 1.54) is 38.1 Å². The van der Waals surface area contributed by atoms with E-state index < -0.39 is 47.9 Å². The average Bonchev–Trinajstić information content (AvgIpc) is 0.845. The molecule has 0 bridgehead atoms. The van der Waals surface area contributed by atoms with Gasteiger partial charge in [0.2, 0.25) is 0 Å². The lowest BCUT2D eigenvalue weighted by atomic mass is 10.0. The first-order valence-corrected chi connectivity index (χ1v) is 37.8. The van der Waals surface area contributed by atoms with E-state index in [4.69, 9.17) is 89.6 Å². The van der Waals surface area contributed by atoms with E-state index in [0.29, 0.717) is 109 Å². The number of rotatable bonds is 28. The molecule has 6 rings (SSSR count). The van der Waals surface area contributed by atoms with Gasteiger partial charge in [-0.3, -0.25) is 13.3 Å². The molecular formula is C59H81BBr3Cl3F5N9O12P2S4. The molecule has 39 heteroatoms. The summed E-state index contributed by atoms with van der Waals surface area (Å²) in [6, 6.07) is 25.9. The van der Waals surface area contributed by atoms with Crippen molar-refractivity contribution in [3.63, 3.8) is 0 Å². The van der Waals surface area contributed by atoms with Crippen LogP contribution in [0.3, 0.4) is 0 Å². The number of alkyl halides is 3. The molecule has 0 saturated heterocycles. The van der Waals surface area contributed by atoms with Gasteiger partial charge in [0.15, 0.2) is 28.0 Å². The summed E-state index contributed by atoms with van der Waals surface area (Å²) < 4.78 is 146. The summed E-state index contributed by atoms with van der Waals surface area (Å²) in [6.07, 6.45) is 5.06. The van der Waals surface area contributed by atoms with Gasteiger partial charge in [0.25, 0.3) is 0 Å². The van der Waals surface area contributed by atoms with Crippen LogP contribution in [0, 0.1) is 18.6 Å². The summed E-state index contributed by atoms with van der Waals surface area (Å²) in [5.74, 6) is 2.41. The number of aromatic nitrogens is 3. The van der Waals surface area contributed by atoms with Crippen LogP contribution < -0.4 is 41.4 Å². The minimum absolute atomic E-state index is 0. The monoisotopic (exact) mass is 1750 g/mol. The third-order valence-electron chi connectivity index (χ3n) is 11.1. The van der Waals surface area contributed by atoms with Crippen LogP contribution in [0.25, 0.3) is 0 Å². The zero-order valence-electron chi connectivity index (χ0n) is 51.6. The van der Waals surface area contributed by atoms with Gasteiger partial charge in [-0.1, -0.05) is 46.5 Å². The summed E-state index contributed by atoms with van der Waals surface area (Å²) in [7, 11) is -13.1. The second kappa shape index (κ2) is 51.0. The lowest BCUT2D eigenvalue weighted by molar-refractivity contribution is -0.0534. The zero-order valence-corrected chi connectivity index (χ0v) is 63.7. The Morgan fingerprint density at radius 1 is 0.551 bits per heavy atom. The molecule has 0 amide bonds. The first kappa shape index (κ1) is 95.9. The van der Waals surface area contributed by atoms with Gasteiger partial charge in [0, 0.05) is 62.8 Å². The van der Waals surface area contributed by atoms with Crippen molar-refractivity contribution in [1.29, 1.82) is 0 Å². The largest absolute Gasteiger partial charge is 0.523 e. The fourth-order valence-electron chi connectivity index (χ4n) is 7.09. The highest BCUT2D eigenvalue weighted by atomic mass is 79.9. The van der Waals surface area contributed by atoms with Crippen molar-refractivity contribution < 1.29 is 76.4 Å².